The second kappa shape index (κ2) is 9.50. The normalized spacial score (nSPS) is 16.5. The molecule has 2 heterocycles. The van der Waals surface area contributed by atoms with Crippen molar-refractivity contribution < 1.29 is 22.7 Å². The molecule has 2 aromatic carbocycles. The van der Waals surface area contributed by atoms with Crippen LogP contribution < -0.4 is 14.8 Å². The van der Waals surface area contributed by atoms with Crippen molar-refractivity contribution in [1.29, 1.82) is 0 Å². The van der Waals surface area contributed by atoms with Crippen LogP contribution >= 0.6 is 11.3 Å². The Balaban J connectivity index is 1.51. The fraction of sp³-hybridized carbons (Fsp3) is 0.304. The number of hydrogen-bond donors (Lipinski definition) is 1. The molecule has 1 unspecified atom stereocenters. The van der Waals surface area contributed by atoms with Crippen molar-refractivity contribution in [3.05, 3.63) is 52.9 Å². The fourth-order valence-electron chi connectivity index (χ4n) is 3.85. The maximum absolute atomic E-state index is 13.3. The van der Waals surface area contributed by atoms with Gasteiger partial charge < -0.3 is 14.8 Å². The number of amides is 1. The standard InChI is InChI=1S/C23H25N3O5S2/c1-15-24-19(14-32-15)16-6-8-17(9-7-16)25-23(27)20-5-4-12-26(20)33(28,29)18-10-11-21(30-2)22(13-18)31-3/h6-11,13-14,20H,4-5,12H2,1-3H3,(H,25,27). The zero-order valence-electron chi connectivity index (χ0n) is 18.6. The fourth-order valence-corrected chi connectivity index (χ4v) is 6.14. The number of aryl methyl sites for hydroxylation is 1. The summed E-state index contributed by atoms with van der Waals surface area (Å²) in [6.07, 6.45) is 1.06. The molecule has 1 saturated heterocycles. The van der Waals surface area contributed by atoms with Gasteiger partial charge in [0.2, 0.25) is 15.9 Å². The Morgan fingerprint density at radius 3 is 2.48 bits per heavy atom. The topological polar surface area (TPSA) is 97.8 Å². The van der Waals surface area contributed by atoms with E-state index < -0.39 is 16.1 Å². The summed E-state index contributed by atoms with van der Waals surface area (Å²) in [5.74, 6) is 0.395. The van der Waals surface area contributed by atoms with Gasteiger partial charge in [-0.15, -0.1) is 11.3 Å². The maximum Gasteiger partial charge on any atom is 0.243 e. The second-order valence-electron chi connectivity index (χ2n) is 7.61. The molecule has 1 aromatic heterocycles. The minimum Gasteiger partial charge on any atom is -0.493 e. The van der Waals surface area contributed by atoms with Crippen molar-refractivity contribution >= 4 is 33.0 Å². The number of carbonyl (C=O) groups is 1. The van der Waals surface area contributed by atoms with Gasteiger partial charge in [-0.2, -0.15) is 4.31 Å². The lowest BCUT2D eigenvalue weighted by Gasteiger charge is -2.24. The lowest BCUT2D eigenvalue weighted by atomic mass is 10.1. The van der Waals surface area contributed by atoms with E-state index in [4.69, 9.17) is 9.47 Å². The number of benzene rings is 2. The molecule has 3 aromatic rings. The largest absolute Gasteiger partial charge is 0.493 e. The van der Waals surface area contributed by atoms with Crippen LogP contribution in [-0.4, -0.2) is 50.4 Å². The van der Waals surface area contributed by atoms with E-state index in [2.05, 4.69) is 10.3 Å². The Kier molecular flexibility index (Phi) is 6.68. The number of sulfonamides is 1. The van der Waals surface area contributed by atoms with Gasteiger partial charge in [0.15, 0.2) is 11.5 Å². The molecule has 10 heteroatoms. The van der Waals surface area contributed by atoms with Crippen LogP contribution in [0.3, 0.4) is 0 Å². The number of nitrogens with zero attached hydrogens (tertiary/aromatic N) is 2. The van der Waals surface area contributed by atoms with E-state index in [-0.39, 0.29) is 17.3 Å². The summed E-state index contributed by atoms with van der Waals surface area (Å²) in [6.45, 7) is 2.23. The van der Waals surface area contributed by atoms with Crippen molar-refractivity contribution in [3.63, 3.8) is 0 Å². The number of carbonyl (C=O) groups excluding carboxylic acids is 1. The third-order valence-corrected chi connectivity index (χ3v) is 8.21. The third kappa shape index (κ3) is 4.73. The molecule has 4 rings (SSSR count). The second-order valence-corrected chi connectivity index (χ2v) is 10.6. The molecular formula is C23H25N3O5S2. The molecule has 8 nitrogen and oxygen atoms in total. The summed E-state index contributed by atoms with van der Waals surface area (Å²) in [4.78, 5) is 17.5. The molecular weight excluding hydrogens is 462 g/mol. The first kappa shape index (κ1) is 23.2. The highest BCUT2D eigenvalue weighted by Gasteiger charge is 2.39. The van der Waals surface area contributed by atoms with Crippen molar-refractivity contribution in [2.24, 2.45) is 0 Å². The van der Waals surface area contributed by atoms with Crippen molar-refractivity contribution in [2.45, 2.75) is 30.7 Å². The minimum absolute atomic E-state index is 0.0581. The molecule has 0 bridgehead atoms. The Labute approximate surface area is 197 Å². The van der Waals surface area contributed by atoms with Crippen LogP contribution in [0.2, 0.25) is 0 Å². The van der Waals surface area contributed by atoms with Crippen molar-refractivity contribution in [3.8, 4) is 22.8 Å². The number of anilines is 1. The smallest absolute Gasteiger partial charge is 0.243 e. The molecule has 1 N–H and O–H groups in total. The zero-order chi connectivity index (χ0) is 23.6. The number of aromatic nitrogens is 1. The van der Waals surface area contributed by atoms with Gasteiger partial charge in [0.05, 0.1) is 29.8 Å². The van der Waals surface area contributed by atoms with E-state index in [0.29, 0.717) is 30.0 Å². The number of rotatable bonds is 7. The number of thiazole rings is 1. The molecule has 1 amide bonds. The summed E-state index contributed by atoms with van der Waals surface area (Å²) in [5, 5.41) is 5.82. The SMILES string of the molecule is COc1ccc(S(=O)(=O)N2CCCC2C(=O)Nc2ccc(-c3csc(C)n3)cc2)cc1OC. The Bertz CT molecular complexity index is 1260. The van der Waals surface area contributed by atoms with Gasteiger partial charge in [-0.3, -0.25) is 4.79 Å². The minimum atomic E-state index is -3.89. The number of ether oxygens (including phenoxy) is 2. The van der Waals surface area contributed by atoms with Gasteiger partial charge in [-0.05, 0) is 44.0 Å². The molecule has 0 radical (unpaired) electrons. The Hall–Kier alpha value is -2.95. The van der Waals surface area contributed by atoms with Gasteiger partial charge in [0.1, 0.15) is 6.04 Å². The highest BCUT2D eigenvalue weighted by Crippen LogP contribution is 2.33. The number of nitrogens with one attached hydrogen (secondary N) is 1. The first-order valence-electron chi connectivity index (χ1n) is 10.4. The third-order valence-electron chi connectivity index (χ3n) is 5.54. The first-order valence-corrected chi connectivity index (χ1v) is 12.7. The summed E-state index contributed by atoms with van der Waals surface area (Å²) < 4.78 is 38.3. The lowest BCUT2D eigenvalue weighted by molar-refractivity contribution is -0.119. The van der Waals surface area contributed by atoms with E-state index in [0.717, 1.165) is 16.3 Å². The van der Waals surface area contributed by atoms with Gasteiger partial charge in [0.25, 0.3) is 0 Å². The molecule has 0 saturated carbocycles. The number of hydrogen-bond acceptors (Lipinski definition) is 7. The van der Waals surface area contributed by atoms with Crippen LogP contribution in [0.1, 0.15) is 17.8 Å². The predicted octanol–water partition coefficient (Wildman–Crippen LogP) is 3.93. The summed E-state index contributed by atoms with van der Waals surface area (Å²) in [7, 11) is -0.964. The van der Waals surface area contributed by atoms with Crippen molar-refractivity contribution in [2.75, 3.05) is 26.1 Å². The van der Waals surface area contributed by atoms with Gasteiger partial charge in [-0.1, -0.05) is 12.1 Å². The zero-order valence-corrected chi connectivity index (χ0v) is 20.2. The monoisotopic (exact) mass is 487 g/mol. The van der Waals surface area contributed by atoms with Crippen LogP contribution in [0, 0.1) is 6.92 Å². The average Bonchev–Trinajstić information content (AvgIpc) is 3.49. The van der Waals surface area contributed by atoms with Crippen LogP contribution in [0.4, 0.5) is 5.69 Å². The van der Waals surface area contributed by atoms with Crippen LogP contribution in [0.5, 0.6) is 11.5 Å². The molecule has 33 heavy (non-hydrogen) atoms. The van der Waals surface area contributed by atoms with Crippen LogP contribution in [0.15, 0.2) is 52.7 Å². The summed E-state index contributed by atoms with van der Waals surface area (Å²) in [6, 6.07) is 11.0. The average molecular weight is 488 g/mol. The van der Waals surface area contributed by atoms with Gasteiger partial charge >= 0.3 is 0 Å². The van der Waals surface area contributed by atoms with E-state index in [1.807, 2.05) is 24.4 Å². The quantitative estimate of drug-likeness (QED) is 0.542. The summed E-state index contributed by atoms with van der Waals surface area (Å²) >= 11 is 1.58. The molecule has 1 aliphatic rings. The summed E-state index contributed by atoms with van der Waals surface area (Å²) in [5.41, 5.74) is 2.44. The molecule has 1 atom stereocenters. The maximum atomic E-state index is 13.3. The molecule has 0 spiro atoms. The Morgan fingerprint density at radius 1 is 1.12 bits per heavy atom. The molecule has 1 aliphatic heterocycles. The van der Waals surface area contributed by atoms with E-state index in [1.54, 1.807) is 29.5 Å². The van der Waals surface area contributed by atoms with E-state index in [1.165, 1.54) is 30.7 Å². The lowest BCUT2D eigenvalue weighted by Crippen LogP contribution is -2.43. The highest BCUT2D eigenvalue weighted by molar-refractivity contribution is 7.89. The highest BCUT2D eigenvalue weighted by atomic mass is 32.2. The van der Waals surface area contributed by atoms with Gasteiger partial charge in [0, 0.05) is 29.2 Å². The van der Waals surface area contributed by atoms with Gasteiger partial charge in [-0.25, -0.2) is 13.4 Å². The first-order chi connectivity index (χ1) is 15.8. The van der Waals surface area contributed by atoms with Crippen LogP contribution in [-0.2, 0) is 14.8 Å². The molecule has 174 valence electrons. The van der Waals surface area contributed by atoms with Crippen molar-refractivity contribution in [1.82, 2.24) is 9.29 Å². The predicted molar refractivity (Wildman–Crippen MR) is 127 cm³/mol. The Morgan fingerprint density at radius 2 is 1.85 bits per heavy atom. The molecule has 0 aliphatic carbocycles. The van der Waals surface area contributed by atoms with Crippen LogP contribution in [0.25, 0.3) is 11.3 Å². The molecule has 1 fully saturated rings. The van der Waals surface area contributed by atoms with E-state index in [9.17, 15) is 13.2 Å². The number of methoxy groups -OCH3 is 2. The van der Waals surface area contributed by atoms with E-state index >= 15 is 0 Å².